The third-order valence-corrected chi connectivity index (χ3v) is 4.00. The first-order chi connectivity index (χ1) is 13.6. The Hall–Kier alpha value is -3.02. The molecule has 150 valence electrons. The summed E-state index contributed by atoms with van der Waals surface area (Å²) in [6.45, 7) is 4.68. The molecule has 2 aromatic carbocycles. The lowest BCUT2D eigenvalue weighted by Gasteiger charge is -2.12. The largest absolute Gasteiger partial charge is 0.492 e. The van der Waals surface area contributed by atoms with Gasteiger partial charge >= 0.3 is 0 Å². The SMILES string of the molecule is CCNC(=NCCc1cccc(C(=O)N(C)C)c1)NCCOc1ccccc1. The molecular weight excluding hydrogens is 352 g/mol. The highest BCUT2D eigenvalue weighted by Gasteiger charge is 2.08. The average Bonchev–Trinajstić information content (AvgIpc) is 2.71. The van der Waals surface area contributed by atoms with Gasteiger partial charge in [-0.15, -0.1) is 0 Å². The number of amides is 1. The molecule has 0 atom stereocenters. The van der Waals surface area contributed by atoms with Gasteiger partial charge in [-0.05, 0) is 43.2 Å². The average molecular weight is 383 g/mol. The fraction of sp³-hybridized carbons (Fsp3) is 0.364. The summed E-state index contributed by atoms with van der Waals surface area (Å²) in [5, 5.41) is 6.51. The third kappa shape index (κ3) is 7.31. The van der Waals surface area contributed by atoms with Crippen LogP contribution < -0.4 is 15.4 Å². The van der Waals surface area contributed by atoms with Gasteiger partial charge in [-0.1, -0.05) is 30.3 Å². The van der Waals surface area contributed by atoms with Gasteiger partial charge in [0.25, 0.3) is 5.91 Å². The summed E-state index contributed by atoms with van der Waals surface area (Å²) >= 11 is 0. The fourth-order valence-electron chi connectivity index (χ4n) is 2.61. The summed E-state index contributed by atoms with van der Waals surface area (Å²) in [5.41, 5.74) is 1.80. The molecule has 2 rings (SSSR count). The molecule has 0 radical (unpaired) electrons. The van der Waals surface area contributed by atoms with E-state index in [0.29, 0.717) is 25.3 Å². The van der Waals surface area contributed by atoms with Crippen molar-refractivity contribution < 1.29 is 9.53 Å². The van der Waals surface area contributed by atoms with E-state index in [0.717, 1.165) is 30.2 Å². The molecule has 0 saturated heterocycles. The van der Waals surface area contributed by atoms with Crippen LogP contribution in [0.4, 0.5) is 0 Å². The molecular formula is C22H30N4O2. The van der Waals surface area contributed by atoms with Crippen LogP contribution in [-0.4, -0.2) is 57.1 Å². The first-order valence-electron chi connectivity index (χ1n) is 9.60. The lowest BCUT2D eigenvalue weighted by atomic mass is 10.1. The van der Waals surface area contributed by atoms with E-state index < -0.39 is 0 Å². The van der Waals surface area contributed by atoms with Crippen molar-refractivity contribution in [2.75, 3.05) is 40.3 Å². The second-order valence-corrected chi connectivity index (χ2v) is 6.50. The Bertz CT molecular complexity index is 760. The van der Waals surface area contributed by atoms with Crippen molar-refractivity contribution in [2.45, 2.75) is 13.3 Å². The van der Waals surface area contributed by atoms with Crippen LogP contribution in [0.3, 0.4) is 0 Å². The van der Waals surface area contributed by atoms with E-state index in [1.807, 2.05) is 61.5 Å². The predicted molar refractivity (Wildman–Crippen MR) is 114 cm³/mol. The highest BCUT2D eigenvalue weighted by molar-refractivity contribution is 5.94. The highest BCUT2D eigenvalue weighted by Crippen LogP contribution is 2.08. The van der Waals surface area contributed by atoms with Gasteiger partial charge in [0.15, 0.2) is 5.96 Å². The first kappa shape index (κ1) is 21.3. The van der Waals surface area contributed by atoms with Gasteiger partial charge in [0.05, 0.1) is 6.54 Å². The number of guanidine groups is 1. The Morgan fingerprint density at radius 2 is 1.86 bits per heavy atom. The van der Waals surface area contributed by atoms with Crippen LogP contribution in [0.25, 0.3) is 0 Å². The van der Waals surface area contributed by atoms with E-state index in [-0.39, 0.29) is 5.91 Å². The molecule has 28 heavy (non-hydrogen) atoms. The molecule has 0 heterocycles. The maximum atomic E-state index is 12.1. The van der Waals surface area contributed by atoms with Crippen LogP contribution in [0.1, 0.15) is 22.8 Å². The van der Waals surface area contributed by atoms with Gasteiger partial charge in [0, 0.05) is 32.7 Å². The van der Waals surface area contributed by atoms with Crippen molar-refractivity contribution in [1.82, 2.24) is 15.5 Å². The van der Waals surface area contributed by atoms with Gasteiger partial charge in [0.2, 0.25) is 0 Å². The van der Waals surface area contributed by atoms with E-state index >= 15 is 0 Å². The van der Waals surface area contributed by atoms with Gasteiger partial charge in [-0.2, -0.15) is 0 Å². The zero-order valence-corrected chi connectivity index (χ0v) is 16.9. The normalized spacial score (nSPS) is 11.0. The standard InChI is InChI=1S/C22H30N4O2/c1-4-23-22(25-15-16-28-20-11-6-5-7-12-20)24-14-13-18-9-8-10-19(17-18)21(27)26(2)3/h5-12,17H,4,13-16H2,1-3H3,(H2,23,24,25). The molecule has 2 aromatic rings. The monoisotopic (exact) mass is 382 g/mol. The Morgan fingerprint density at radius 3 is 2.57 bits per heavy atom. The Kier molecular flexibility index (Phi) is 8.85. The minimum absolute atomic E-state index is 0.0128. The number of hydrogen-bond acceptors (Lipinski definition) is 3. The molecule has 1 amide bonds. The summed E-state index contributed by atoms with van der Waals surface area (Å²) < 4.78 is 5.68. The number of rotatable bonds is 9. The van der Waals surface area contributed by atoms with E-state index in [1.165, 1.54) is 0 Å². The van der Waals surface area contributed by atoms with Gasteiger partial charge < -0.3 is 20.3 Å². The highest BCUT2D eigenvalue weighted by atomic mass is 16.5. The first-order valence-corrected chi connectivity index (χ1v) is 9.60. The minimum Gasteiger partial charge on any atom is -0.492 e. The van der Waals surface area contributed by atoms with E-state index in [4.69, 9.17) is 4.74 Å². The van der Waals surface area contributed by atoms with Crippen LogP contribution in [0.2, 0.25) is 0 Å². The minimum atomic E-state index is 0.0128. The molecule has 0 aliphatic carbocycles. The molecule has 0 aliphatic rings. The summed E-state index contributed by atoms with van der Waals surface area (Å²) in [7, 11) is 3.52. The van der Waals surface area contributed by atoms with E-state index in [9.17, 15) is 4.79 Å². The number of para-hydroxylation sites is 1. The molecule has 6 heteroatoms. The van der Waals surface area contributed by atoms with Crippen LogP contribution in [0, 0.1) is 0 Å². The molecule has 0 fully saturated rings. The predicted octanol–water partition coefficient (Wildman–Crippen LogP) is 2.57. The van der Waals surface area contributed by atoms with Crippen LogP contribution >= 0.6 is 0 Å². The number of carbonyl (C=O) groups excluding carboxylic acids is 1. The lowest BCUT2D eigenvalue weighted by Crippen LogP contribution is -2.39. The number of nitrogens with one attached hydrogen (secondary N) is 2. The zero-order valence-electron chi connectivity index (χ0n) is 16.9. The van der Waals surface area contributed by atoms with E-state index in [1.54, 1.807) is 19.0 Å². The third-order valence-electron chi connectivity index (χ3n) is 4.00. The second kappa shape index (κ2) is 11.6. The Labute approximate surface area is 167 Å². The quantitative estimate of drug-likeness (QED) is 0.397. The number of nitrogens with zero attached hydrogens (tertiary/aromatic N) is 2. The zero-order chi connectivity index (χ0) is 20.2. The maximum Gasteiger partial charge on any atom is 0.253 e. The van der Waals surface area contributed by atoms with Gasteiger partial charge in [-0.25, -0.2) is 0 Å². The lowest BCUT2D eigenvalue weighted by molar-refractivity contribution is 0.0827. The number of benzene rings is 2. The molecule has 0 bridgehead atoms. The summed E-state index contributed by atoms with van der Waals surface area (Å²) in [4.78, 5) is 18.3. The Morgan fingerprint density at radius 1 is 1.07 bits per heavy atom. The number of carbonyl (C=O) groups is 1. The number of ether oxygens (including phenoxy) is 1. The molecule has 0 aliphatic heterocycles. The smallest absolute Gasteiger partial charge is 0.253 e. The molecule has 2 N–H and O–H groups in total. The van der Waals surface area contributed by atoms with E-state index in [2.05, 4.69) is 15.6 Å². The van der Waals surface area contributed by atoms with Crippen molar-refractivity contribution in [1.29, 1.82) is 0 Å². The van der Waals surface area contributed by atoms with Crippen molar-refractivity contribution in [3.63, 3.8) is 0 Å². The van der Waals surface area contributed by atoms with Crippen LogP contribution in [-0.2, 0) is 6.42 Å². The van der Waals surface area contributed by atoms with Crippen molar-refractivity contribution in [3.05, 3.63) is 65.7 Å². The van der Waals surface area contributed by atoms with Crippen molar-refractivity contribution in [3.8, 4) is 5.75 Å². The topological polar surface area (TPSA) is 66.0 Å². The summed E-state index contributed by atoms with van der Waals surface area (Å²) in [6.07, 6.45) is 0.769. The fourth-order valence-corrected chi connectivity index (χ4v) is 2.61. The molecule has 0 unspecified atom stereocenters. The summed E-state index contributed by atoms with van der Waals surface area (Å²) in [5.74, 6) is 1.64. The van der Waals surface area contributed by atoms with Crippen molar-refractivity contribution >= 4 is 11.9 Å². The van der Waals surface area contributed by atoms with Gasteiger partial charge in [-0.3, -0.25) is 9.79 Å². The second-order valence-electron chi connectivity index (χ2n) is 6.50. The molecule has 6 nitrogen and oxygen atoms in total. The van der Waals surface area contributed by atoms with Crippen LogP contribution in [0.15, 0.2) is 59.6 Å². The number of aliphatic imine (C=N–C) groups is 1. The Balaban J connectivity index is 1.81. The maximum absolute atomic E-state index is 12.1. The van der Waals surface area contributed by atoms with Crippen molar-refractivity contribution in [2.24, 2.45) is 4.99 Å². The summed E-state index contributed by atoms with van der Waals surface area (Å²) in [6, 6.07) is 17.5. The molecule has 0 saturated carbocycles. The number of hydrogen-bond donors (Lipinski definition) is 2. The van der Waals surface area contributed by atoms with Crippen LogP contribution in [0.5, 0.6) is 5.75 Å². The molecule has 0 spiro atoms. The molecule has 0 aromatic heterocycles. The van der Waals surface area contributed by atoms with Gasteiger partial charge in [0.1, 0.15) is 12.4 Å².